The summed E-state index contributed by atoms with van der Waals surface area (Å²) >= 11 is 0. The van der Waals surface area contributed by atoms with Crippen LogP contribution < -0.4 is 0 Å². The predicted octanol–water partition coefficient (Wildman–Crippen LogP) is 3.59. The molecule has 0 aromatic heterocycles. The number of hydrogen-bond donors (Lipinski definition) is 0. The minimum Gasteiger partial charge on any atom is -0.429 e. The largest absolute Gasteiger partial charge is 0.509 e. The van der Waals surface area contributed by atoms with Crippen LogP contribution in [-0.4, -0.2) is 35.7 Å². The Kier molecular flexibility index (Phi) is 5.25. The zero-order valence-corrected chi connectivity index (χ0v) is 13.5. The molecular formula is C15H24O6. The lowest BCUT2D eigenvalue weighted by Gasteiger charge is -2.21. The monoisotopic (exact) mass is 300 g/mol. The summed E-state index contributed by atoms with van der Waals surface area (Å²) in [6.45, 7) is 10.5. The molecule has 0 saturated carbocycles. The first-order chi connectivity index (χ1) is 9.44. The first kappa shape index (κ1) is 17.3. The first-order valence-corrected chi connectivity index (χ1v) is 6.92. The van der Waals surface area contributed by atoms with Gasteiger partial charge in [0, 0.05) is 6.42 Å². The second kappa shape index (κ2) is 6.37. The molecule has 120 valence electrons. The van der Waals surface area contributed by atoms with Crippen LogP contribution in [0, 0.1) is 0 Å². The standard InChI is InChI=1S/C15H24O6/c1-14(2,3)20-12(16)18-10-7-8-11(9-10)19-13(17)21-15(4,5)6/h7-8,10-11H,9H2,1-6H3/t10-,11+. The van der Waals surface area contributed by atoms with E-state index in [4.69, 9.17) is 18.9 Å². The van der Waals surface area contributed by atoms with Crippen LogP contribution in [0.2, 0.25) is 0 Å². The lowest BCUT2D eigenvalue weighted by Crippen LogP contribution is -2.29. The molecule has 1 aliphatic carbocycles. The molecule has 0 spiro atoms. The van der Waals surface area contributed by atoms with Gasteiger partial charge in [0.25, 0.3) is 0 Å². The Morgan fingerprint density at radius 3 is 1.43 bits per heavy atom. The molecule has 0 heterocycles. The second-order valence-corrected chi connectivity index (χ2v) is 6.86. The van der Waals surface area contributed by atoms with E-state index >= 15 is 0 Å². The van der Waals surface area contributed by atoms with Gasteiger partial charge >= 0.3 is 12.3 Å². The molecule has 0 fully saturated rings. The van der Waals surface area contributed by atoms with Crippen molar-refractivity contribution in [2.75, 3.05) is 0 Å². The minimum absolute atomic E-state index is 0.360. The summed E-state index contributed by atoms with van der Waals surface area (Å²) in [5.41, 5.74) is -1.21. The van der Waals surface area contributed by atoms with E-state index in [1.807, 2.05) is 0 Å². The van der Waals surface area contributed by atoms with Gasteiger partial charge in [0.2, 0.25) is 0 Å². The summed E-state index contributed by atoms with van der Waals surface area (Å²) in [6.07, 6.45) is 1.28. The number of rotatable bonds is 2. The van der Waals surface area contributed by atoms with Crippen LogP contribution in [0.25, 0.3) is 0 Å². The zero-order chi connectivity index (χ0) is 16.3. The molecule has 21 heavy (non-hydrogen) atoms. The fourth-order valence-electron chi connectivity index (χ4n) is 1.60. The fraction of sp³-hybridized carbons (Fsp3) is 0.733. The summed E-state index contributed by atoms with van der Waals surface area (Å²) in [5.74, 6) is 0. The van der Waals surface area contributed by atoms with E-state index in [2.05, 4.69) is 0 Å². The first-order valence-electron chi connectivity index (χ1n) is 6.92. The van der Waals surface area contributed by atoms with Crippen LogP contribution in [0.1, 0.15) is 48.0 Å². The Hall–Kier alpha value is -1.72. The van der Waals surface area contributed by atoms with Crippen molar-refractivity contribution in [2.45, 2.75) is 71.4 Å². The second-order valence-electron chi connectivity index (χ2n) is 6.86. The summed E-state index contributed by atoms with van der Waals surface area (Å²) in [4.78, 5) is 23.0. The molecule has 0 radical (unpaired) electrons. The molecule has 0 saturated heterocycles. The van der Waals surface area contributed by atoms with Crippen molar-refractivity contribution in [1.29, 1.82) is 0 Å². The zero-order valence-electron chi connectivity index (χ0n) is 13.5. The summed E-state index contributed by atoms with van der Waals surface area (Å²) < 4.78 is 20.3. The van der Waals surface area contributed by atoms with Crippen molar-refractivity contribution in [2.24, 2.45) is 0 Å². The van der Waals surface area contributed by atoms with Crippen molar-refractivity contribution in [1.82, 2.24) is 0 Å². The molecule has 6 nitrogen and oxygen atoms in total. The van der Waals surface area contributed by atoms with E-state index in [9.17, 15) is 9.59 Å². The van der Waals surface area contributed by atoms with E-state index in [1.54, 1.807) is 53.7 Å². The Morgan fingerprint density at radius 1 is 0.810 bits per heavy atom. The van der Waals surface area contributed by atoms with Gasteiger partial charge in [0.05, 0.1) is 0 Å². The molecular weight excluding hydrogens is 276 g/mol. The normalized spacial score (nSPS) is 21.8. The van der Waals surface area contributed by atoms with Gasteiger partial charge in [-0.1, -0.05) is 0 Å². The smallest absolute Gasteiger partial charge is 0.429 e. The average molecular weight is 300 g/mol. The number of hydrogen-bond acceptors (Lipinski definition) is 6. The van der Waals surface area contributed by atoms with E-state index in [-0.39, 0.29) is 0 Å². The predicted molar refractivity (Wildman–Crippen MR) is 76.0 cm³/mol. The van der Waals surface area contributed by atoms with E-state index < -0.39 is 35.7 Å². The van der Waals surface area contributed by atoms with Gasteiger partial charge < -0.3 is 18.9 Å². The Labute approximate surface area is 125 Å². The highest BCUT2D eigenvalue weighted by atomic mass is 16.7. The molecule has 6 heteroatoms. The number of carbonyl (C=O) groups excluding carboxylic acids is 2. The van der Waals surface area contributed by atoms with Crippen molar-refractivity contribution in [3.63, 3.8) is 0 Å². The van der Waals surface area contributed by atoms with Gasteiger partial charge in [-0.3, -0.25) is 0 Å². The third kappa shape index (κ3) is 7.58. The van der Waals surface area contributed by atoms with Crippen molar-refractivity contribution >= 4 is 12.3 Å². The van der Waals surface area contributed by atoms with Crippen LogP contribution >= 0.6 is 0 Å². The maximum atomic E-state index is 11.5. The topological polar surface area (TPSA) is 71.1 Å². The Morgan fingerprint density at radius 2 is 1.14 bits per heavy atom. The number of carbonyl (C=O) groups is 2. The van der Waals surface area contributed by atoms with Crippen molar-refractivity contribution < 1.29 is 28.5 Å². The Balaban J connectivity index is 2.35. The molecule has 0 aliphatic heterocycles. The van der Waals surface area contributed by atoms with E-state index in [0.29, 0.717) is 6.42 Å². The molecule has 0 aromatic carbocycles. The SMILES string of the molecule is CC(C)(C)OC(=O)O[C@@H]1C=C[C@H](OC(=O)OC(C)(C)C)C1. The lowest BCUT2D eigenvalue weighted by molar-refractivity contribution is -0.0327. The van der Waals surface area contributed by atoms with Crippen LogP contribution in [-0.2, 0) is 18.9 Å². The van der Waals surface area contributed by atoms with Crippen LogP contribution in [0.15, 0.2) is 12.2 Å². The highest BCUT2D eigenvalue weighted by Gasteiger charge is 2.28. The molecule has 1 aliphatic rings. The van der Waals surface area contributed by atoms with Crippen LogP contribution in [0.4, 0.5) is 9.59 Å². The maximum absolute atomic E-state index is 11.5. The van der Waals surface area contributed by atoms with Gasteiger partial charge in [0.15, 0.2) is 0 Å². The fourth-order valence-corrected chi connectivity index (χ4v) is 1.60. The van der Waals surface area contributed by atoms with Crippen molar-refractivity contribution in [3.05, 3.63) is 12.2 Å². The van der Waals surface area contributed by atoms with E-state index in [1.165, 1.54) is 0 Å². The van der Waals surface area contributed by atoms with Gasteiger partial charge in [-0.2, -0.15) is 0 Å². The quantitative estimate of drug-likeness (QED) is 0.573. The third-order valence-corrected chi connectivity index (χ3v) is 2.28. The highest BCUT2D eigenvalue weighted by molar-refractivity contribution is 5.62. The van der Waals surface area contributed by atoms with E-state index in [0.717, 1.165) is 0 Å². The van der Waals surface area contributed by atoms with Crippen LogP contribution in [0.5, 0.6) is 0 Å². The molecule has 2 atom stereocenters. The molecule has 0 bridgehead atoms. The van der Waals surface area contributed by atoms with Gasteiger partial charge in [-0.05, 0) is 53.7 Å². The summed E-state index contributed by atoms with van der Waals surface area (Å²) in [6, 6.07) is 0. The van der Waals surface area contributed by atoms with Gasteiger partial charge in [-0.15, -0.1) is 0 Å². The molecule has 1 rings (SSSR count). The van der Waals surface area contributed by atoms with Gasteiger partial charge in [-0.25, -0.2) is 9.59 Å². The molecule has 0 aromatic rings. The average Bonchev–Trinajstić information content (AvgIpc) is 2.58. The van der Waals surface area contributed by atoms with Crippen LogP contribution in [0.3, 0.4) is 0 Å². The maximum Gasteiger partial charge on any atom is 0.509 e. The third-order valence-electron chi connectivity index (χ3n) is 2.28. The van der Waals surface area contributed by atoms with Crippen molar-refractivity contribution in [3.8, 4) is 0 Å². The summed E-state index contributed by atoms with van der Waals surface area (Å²) in [7, 11) is 0. The molecule has 0 N–H and O–H groups in total. The summed E-state index contributed by atoms with van der Waals surface area (Å²) in [5, 5.41) is 0. The Bertz CT molecular complexity index is 375. The highest BCUT2D eigenvalue weighted by Crippen LogP contribution is 2.20. The van der Waals surface area contributed by atoms with Gasteiger partial charge in [0.1, 0.15) is 23.4 Å². The number of ether oxygens (including phenoxy) is 4. The lowest BCUT2D eigenvalue weighted by atomic mass is 10.2. The molecule has 0 unspecified atom stereocenters. The minimum atomic E-state index is -0.741. The molecule has 0 amide bonds.